The summed E-state index contributed by atoms with van der Waals surface area (Å²) in [5.74, 6) is 0.124. The predicted octanol–water partition coefficient (Wildman–Crippen LogP) is 4.13. The van der Waals surface area contributed by atoms with Crippen LogP contribution in [0.3, 0.4) is 0 Å². The Bertz CT molecular complexity index is 1200. The van der Waals surface area contributed by atoms with E-state index in [2.05, 4.69) is 4.72 Å². The Balaban J connectivity index is 1.95. The average Bonchev–Trinajstić information content (AvgIpc) is 2.69. The Morgan fingerprint density at radius 3 is 2.03 bits per heavy atom. The van der Waals surface area contributed by atoms with E-state index >= 15 is 0 Å². The van der Waals surface area contributed by atoms with Gasteiger partial charge in [-0.1, -0.05) is 13.0 Å². The summed E-state index contributed by atoms with van der Waals surface area (Å²) < 4.78 is 55.8. The lowest BCUT2D eigenvalue weighted by molar-refractivity contribution is 0.391. The van der Waals surface area contributed by atoms with Gasteiger partial charge in [0.25, 0.3) is 10.0 Å². The van der Waals surface area contributed by atoms with Crippen LogP contribution in [-0.4, -0.2) is 33.4 Å². The molecule has 2 aromatic carbocycles. The molecule has 1 aliphatic rings. The standard InChI is InChI=1S/C23H32N2O4S2/c1-7-12-30(26,27)25-11-10-20-8-9-22(13-21(20)14-25)24-31(28,29)23-18(5)16(3)15(2)17(4)19(23)6/h8-9,13,24H,7,10-12,14H2,1-6H3. The minimum atomic E-state index is -3.80. The zero-order valence-electron chi connectivity index (χ0n) is 19.2. The Morgan fingerprint density at radius 1 is 0.871 bits per heavy atom. The van der Waals surface area contributed by atoms with Gasteiger partial charge in [0.15, 0.2) is 0 Å². The summed E-state index contributed by atoms with van der Waals surface area (Å²) in [5.41, 5.74) is 6.91. The van der Waals surface area contributed by atoms with Gasteiger partial charge in [-0.25, -0.2) is 16.8 Å². The summed E-state index contributed by atoms with van der Waals surface area (Å²) in [6.07, 6.45) is 1.19. The van der Waals surface area contributed by atoms with E-state index in [1.165, 1.54) is 4.31 Å². The van der Waals surface area contributed by atoms with Crippen molar-refractivity contribution in [3.8, 4) is 0 Å². The van der Waals surface area contributed by atoms with Crippen LogP contribution in [0, 0.1) is 34.6 Å². The minimum Gasteiger partial charge on any atom is -0.280 e. The molecule has 31 heavy (non-hydrogen) atoms. The van der Waals surface area contributed by atoms with Crippen molar-refractivity contribution in [2.45, 2.75) is 65.8 Å². The van der Waals surface area contributed by atoms with Crippen LogP contribution >= 0.6 is 0 Å². The SMILES string of the molecule is CCCS(=O)(=O)N1CCc2ccc(NS(=O)(=O)c3c(C)c(C)c(C)c(C)c3C)cc2C1. The van der Waals surface area contributed by atoms with Gasteiger partial charge >= 0.3 is 0 Å². The van der Waals surface area contributed by atoms with E-state index in [0.717, 1.165) is 38.9 Å². The van der Waals surface area contributed by atoms with E-state index in [4.69, 9.17) is 0 Å². The number of fused-ring (bicyclic) bond motifs is 1. The second kappa shape index (κ2) is 8.56. The Kier molecular flexibility index (Phi) is 6.56. The molecule has 0 saturated heterocycles. The van der Waals surface area contributed by atoms with E-state index in [-0.39, 0.29) is 12.3 Å². The van der Waals surface area contributed by atoms with Crippen molar-refractivity contribution in [2.75, 3.05) is 17.0 Å². The van der Waals surface area contributed by atoms with Gasteiger partial charge in [0.05, 0.1) is 10.6 Å². The van der Waals surface area contributed by atoms with Gasteiger partial charge in [0.1, 0.15) is 0 Å². The monoisotopic (exact) mass is 464 g/mol. The zero-order chi connectivity index (χ0) is 23.1. The van der Waals surface area contributed by atoms with E-state index < -0.39 is 20.0 Å². The molecular formula is C23H32N2O4S2. The molecule has 0 bridgehead atoms. The molecule has 0 atom stereocenters. The summed E-state index contributed by atoms with van der Waals surface area (Å²) in [5, 5.41) is 0. The third-order valence-electron chi connectivity index (χ3n) is 6.49. The predicted molar refractivity (Wildman–Crippen MR) is 126 cm³/mol. The topological polar surface area (TPSA) is 83.6 Å². The van der Waals surface area contributed by atoms with Gasteiger partial charge in [-0.2, -0.15) is 4.31 Å². The molecular weight excluding hydrogens is 432 g/mol. The summed E-state index contributed by atoms with van der Waals surface area (Å²) >= 11 is 0. The van der Waals surface area contributed by atoms with Crippen molar-refractivity contribution in [1.82, 2.24) is 4.31 Å². The first-order chi connectivity index (χ1) is 14.4. The molecule has 0 aromatic heterocycles. The smallest absolute Gasteiger partial charge is 0.262 e. The number of nitrogens with zero attached hydrogens (tertiary/aromatic N) is 1. The maximum atomic E-state index is 13.3. The van der Waals surface area contributed by atoms with E-state index in [0.29, 0.717) is 30.0 Å². The summed E-state index contributed by atoms with van der Waals surface area (Å²) in [7, 11) is -7.09. The van der Waals surface area contributed by atoms with Crippen LogP contribution in [0.15, 0.2) is 23.1 Å². The number of nitrogens with one attached hydrogen (secondary N) is 1. The molecule has 1 heterocycles. The van der Waals surface area contributed by atoms with Crippen molar-refractivity contribution in [3.63, 3.8) is 0 Å². The molecule has 170 valence electrons. The minimum absolute atomic E-state index is 0.124. The van der Waals surface area contributed by atoms with Crippen LogP contribution in [0.2, 0.25) is 0 Å². The van der Waals surface area contributed by atoms with Crippen molar-refractivity contribution >= 4 is 25.7 Å². The zero-order valence-corrected chi connectivity index (χ0v) is 20.8. The second-order valence-electron chi connectivity index (χ2n) is 8.44. The first kappa shape index (κ1) is 23.8. The molecule has 2 aromatic rings. The van der Waals surface area contributed by atoms with Crippen molar-refractivity contribution < 1.29 is 16.8 Å². The molecule has 0 fully saturated rings. The molecule has 0 radical (unpaired) electrons. The highest BCUT2D eigenvalue weighted by Gasteiger charge is 2.27. The lowest BCUT2D eigenvalue weighted by atomic mass is 9.95. The van der Waals surface area contributed by atoms with Gasteiger partial charge in [0.2, 0.25) is 10.0 Å². The van der Waals surface area contributed by atoms with Crippen molar-refractivity contribution in [1.29, 1.82) is 0 Å². The van der Waals surface area contributed by atoms with Crippen LogP contribution in [0.25, 0.3) is 0 Å². The number of rotatable bonds is 6. The summed E-state index contributed by atoms with van der Waals surface area (Å²) in [6.45, 7) is 12.2. The quantitative estimate of drug-likeness (QED) is 0.697. The molecule has 0 amide bonds. The van der Waals surface area contributed by atoms with E-state index in [9.17, 15) is 16.8 Å². The number of benzene rings is 2. The Labute approximate surface area is 186 Å². The van der Waals surface area contributed by atoms with Gasteiger partial charge < -0.3 is 0 Å². The molecule has 0 spiro atoms. The highest BCUT2D eigenvalue weighted by Crippen LogP contribution is 2.32. The van der Waals surface area contributed by atoms with Crippen LogP contribution in [0.4, 0.5) is 5.69 Å². The fourth-order valence-corrected chi connectivity index (χ4v) is 7.43. The number of sulfonamides is 2. The Morgan fingerprint density at radius 2 is 1.45 bits per heavy atom. The highest BCUT2D eigenvalue weighted by atomic mass is 32.2. The highest BCUT2D eigenvalue weighted by molar-refractivity contribution is 7.92. The fourth-order valence-electron chi connectivity index (χ4n) is 4.29. The van der Waals surface area contributed by atoms with E-state index in [1.54, 1.807) is 12.1 Å². The molecule has 1 N–H and O–H groups in total. The first-order valence-electron chi connectivity index (χ1n) is 10.6. The van der Waals surface area contributed by atoms with Crippen LogP contribution in [-0.2, 0) is 33.0 Å². The van der Waals surface area contributed by atoms with Gasteiger partial charge in [-0.3, -0.25) is 4.72 Å². The molecule has 8 heteroatoms. The lowest BCUT2D eigenvalue weighted by Crippen LogP contribution is -2.37. The average molecular weight is 465 g/mol. The van der Waals surface area contributed by atoms with Crippen LogP contribution in [0.5, 0.6) is 0 Å². The molecule has 6 nitrogen and oxygen atoms in total. The summed E-state index contributed by atoms with van der Waals surface area (Å²) in [4.78, 5) is 0.318. The van der Waals surface area contributed by atoms with Gasteiger partial charge in [-0.15, -0.1) is 0 Å². The summed E-state index contributed by atoms with van der Waals surface area (Å²) in [6, 6.07) is 5.41. The van der Waals surface area contributed by atoms with Crippen molar-refractivity contribution in [2.24, 2.45) is 0 Å². The lowest BCUT2D eigenvalue weighted by Gasteiger charge is -2.28. The van der Waals surface area contributed by atoms with Gasteiger partial charge in [0, 0.05) is 18.8 Å². The fraction of sp³-hybridized carbons (Fsp3) is 0.478. The largest absolute Gasteiger partial charge is 0.280 e. The van der Waals surface area contributed by atoms with Crippen molar-refractivity contribution in [3.05, 3.63) is 57.1 Å². The van der Waals surface area contributed by atoms with Crippen LogP contribution < -0.4 is 4.72 Å². The van der Waals surface area contributed by atoms with E-state index in [1.807, 2.05) is 47.6 Å². The van der Waals surface area contributed by atoms with Gasteiger partial charge in [-0.05, 0) is 98.5 Å². The maximum absolute atomic E-state index is 13.3. The van der Waals surface area contributed by atoms with Crippen LogP contribution in [0.1, 0.15) is 52.3 Å². The molecule has 0 aliphatic carbocycles. The maximum Gasteiger partial charge on any atom is 0.262 e. The number of hydrogen-bond donors (Lipinski definition) is 1. The normalized spacial score (nSPS) is 15.0. The third-order valence-corrected chi connectivity index (χ3v) is 10.2. The molecule has 0 saturated carbocycles. The Hall–Kier alpha value is -1.90. The third kappa shape index (κ3) is 4.52. The molecule has 0 unspecified atom stereocenters. The molecule has 3 rings (SSSR count). The number of hydrogen-bond acceptors (Lipinski definition) is 4. The second-order valence-corrected chi connectivity index (χ2v) is 12.2. The number of anilines is 1. The molecule has 1 aliphatic heterocycles. The first-order valence-corrected chi connectivity index (χ1v) is 13.7.